The number of benzene rings is 1. The first-order valence-corrected chi connectivity index (χ1v) is 10.6. The molecule has 0 aliphatic carbocycles. The number of carboxylic acid groups (broad SMARTS) is 1. The van der Waals surface area contributed by atoms with E-state index in [0.29, 0.717) is 19.8 Å². The summed E-state index contributed by atoms with van der Waals surface area (Å²) in [6, 6.07) is 7.93. The molecule has 5 rings (SSSR count). The van der Waals surface area contributed by atoms with E-state index < -0.39 is 12.1 Å². The van der Waals surface area contributed by atoms with E-state index in [2.05, 4.69) is 15.2 Å². The number of aliphatic carboxylic acids is 1. The zero-order chi connectivity index (χ0) is 24.5. The number of aromatic nitrogens is 3. The third-order valence-corrected chi connectivity index (χ3v) is 5.49. The molecule has 3 N–H and O–H groups in total. The molecule has 2 aliphatic rings. The monoisotopic (exact) mass is 477 g/mol. The van der Waals surface area contributed by atoms with E-state index in [9.17, 15) is 18.0 Å². The van der Waals surface area contributed by atoms with Crippen molar-refractivity contribution in [3.8, 4) is 11.3 Å². The summed E-state index contributed by atoms with van der Waals surface area (Å²) in [4.78, 5) is 36.5. The van der Waals surface area contributed by atoms with Gasteiger partial charge in [0.25, 0.3) is 5.91 Å². The number of para-hydroxylation sites is 1. The summed E-state index contributed by atoms with van der Waals surface area (Å²) >= 11 is 0. The number of carbonyl (C=O) groups is 2. The molecule has 180 valence electrons. The van der Waals surface area contributed by atoms with Crippen molar-refractivity contribution < 1.29 is 32.6 Å². The molecule has 0 bridgehead atoms. The van der Waals surface area contributed by atoms with Crippen molar-refractivity contribution in [3.63, 3.8) is 0 Å². The molecular weight excluding hydrogens is 455 g/mol. The Hall–Kier alpha value is -3.67. The second kappa shape index (κ2) is 9.29. The van der Waals surface area contributed by atoms with Crippen LogP contribution in [-0.4, -0.2) is 71.0 Å². The van der Waals surface area contributed by atoms with Gasteiger partial charge in [0.2, 0.25) is 0 Å². The number of halogens is 3. The van der Waals surface area contributed by atoms with Gasteiger partial charge in [-0.1, -0.05) is 12.1 Å². The first kappa shape index (κ1) is 23.5. The van der Waals surface area contributed by atoms with Crippen LogP contribution in [0.3, 0.4) is 0 Å². The lowest BCUT2D eigenvalue weighted by Crippen LogP contribution is -2.37. The lowest BCUT2D eigenvalue weighted by molar-refractivity contribution is -0.192. The number of anilines is 1. The molecule has 4 heterocycles. The molecule has 1 saturated heterocycles. The second-order valence-corrected chi connectivity index (χ2v) is 7.79. The molecule has 0 saturated carbocycles. The molecule has 0 spiro atoms. The summed E-state index contributed by atoms with van der Waals surface area (Å²) in [5.41, 5.74) is 6.22. The van der Waals surface area contributed by atoms with Crippen LogP contribution in [0.5, 0.6) is 0 Å². The number of rotatable bonds is 2. The Balaban J connectivity index is 0.000000344. The number of nitrogens with zero attached hydrogens (tertiary/aromatic N) is 3. The summed E-state index contributed by atoms with van der Waals surface area (Å²) in [6.07, 6.45) is -4.27. The number of amides is 1. The first-order chi connectivity index (χ1) is 16.1. The number of hydrogen-bond donors (Lipinski definition) is 3. The van der Waals surface area contributed by atoms with Gasteiger partial charge in [-0.15, -0.1) is 0 Å². The number of aromatic amines is 1. The molecule has 1 fully saturated rings. The average molecular weight is 477 g/mol. The fourth-order valence-corrected chi connectivity index (χ4v) is 3.89. The molecule has 2 aliphatic heterocycles. The predicted octanol–water partition coefficient (Wildman–Crippen LogP) is 2.69. The number of hydrogen-bond acceptors (Lipinski definition) is 6. The molecule has 12 heteroatoms. The summed E-state index contributed by atoms with van der Waals surface area (Å²) in [5, 5.41) is 10.0. The maximum absolute atomic E-state index is 12.1. The van der Waals surface area contributed by atoms with Gasteiger partial charge >= 0.3 is 12.1 Å². The van der Waals surface area contributed by atoms with E-state index in [0.717, 1.165) is 64.6 Å². The number of carbonyl (C=O) groups excluding carboxylic acids is 1. The highest BCUT2D eigenvalue weighted by atomic mass is 19.4. The Labute approximate surface area is 191 Å². The minimum atomic E-state index is -5.08. The highest BCUT2D eigenvalue weighted by Gasteiger charge is 2.38. The summed E-state index contributed by atoms with van der Waals surface area (Å²) < 4.78 is 37.2. The lowest BCUT2D eigenvalue weighted by Gasteiger charge is -2.28. The van der Waals surface area contributed by atoms with E-state index >= 15 is 0 Å². The van der Waals surface area contributed by atoms with E-state index in [1.165, 1.54) is 0 Å². The van der Waals surface area contributed by atoms with Crippen LogP contribution in [0, 0.1) is 6.92 Å². The van der Waals surface area contributed by atoms with Gasteiger partial charge in [-0.2, -0.15) is 13.2 Å². The van der Waals surface area contributed by atoms with Crippen LogP contribution in [0.4, 0.5) is 19.0 Å². The van der Waals surface area contributed by atoms with Gasteiger partial charge in [0.1, 0.15) is 5.52 Å². The molecule has 3 aromatic rings. The Kier molecular flexibility index (Phi) is 6.42. The highest BCUT2D eigenvalue weighted by Crippen LogP contribution is 2.31. The third kappa shape index (κ3) is 4.81. The van der Waals surface area contributed by atoms with Gasteiger partial charge in [-0.05, 0) is 19.1 Å². The minimum Gasteiger partial charge on any atom is -0.475 e. The lowest BCUT2D eigenvalue weighted by atomic mass is 10.1. The molecule has 0 atom stereocenters. The number of carboxylic acids is 1. The van der Waals surface area contributed by atoms with Gasteiger partial charge < -0.3 is 25.0 Å². The van der Waals surface area contributed by atoms with Crippen molar-refractivity contribution in [1.29, 1.82) is 0 Å². The van der Waals surface area contributed by atoms with Crippen LogP contribution in [0.15, 0.2) is 24.3 Å². The smallest absolute Gasteiger partial charge is 0.475 e. The van der Waals surface area contributed by atoms with Crippen LogP contribution in [0.25, 0.3) is 22.3 Å². The first-order valence-electron chi connectivity index (χ1n) is 10.6. The van der Waals surface area contributed by atoms with Crippen LogP contribution in [0.2, 0.25) is 0 Å². The van der Waals surface area contributed by atoms with Gasteiger partial charge in [0.05, 0.1) is 30.0 Å². The highest BCUT2D eigenvalue weighted by molar-refractivity contribution is 5.99. The fourth-order valence-electron chi connectivity index (χ4n) is 3.89. The SMILES string of the molecule is Cc1nc2cccc(-c3cc4c([nH]3)CCNC4=O)c2nc1N1CCOCC1.O=C(O)C(F)(F)F. The molecule has 34 heavy (non-hydrogen) atoms. The van der Waals surface area contributed by atoms with E-state index in [-0.39, 0.29) is 5.91 Å². The molecule has 9 nitrogen and oxygen atoms in total. The van der Waals surface area contributed by atoms with Gasteiger partial charge in [-0.3, -0.25) is 4.79 Å². The summed E-state index contributed by atoms with van der Waals surface area (Å²) in [7, 11) is 0. The number of ether oxygens (including phenoxy) is 1. The number of H-pyrrole nitrogens is 1. The van der Waals surface area contributed by atoms with Gasteiger partial charge in [-0.25, -0.2) is 14.8 Å². The Morgan fingerprint density at radius 1 is 1.18 bits per heavy atom. The maximum atomic E-state index is 12.1. The number of morpholine rings is 1. The summed E-state index contributed by atoms with van der Waals surface area (Å²) in [6.45, 7) is 5.72. The summed E-state index contributed by atoms with van der Waals surface area (Å²) in [5.74, 6) is -1.87. The number of nitrogens with one attached hydrogen (secondary N) is 2. The van der Waals surface area contributed by atoms with Crippen molar-refractivity contribution >= 4 is 28.7 Å². The van der Waals surface area contributed by atoms with Crippen molar-refractivity contribution in [2.24, 2.45) is 0 Å². The number of alkyl halides is 3. The van der Waals surface area contributed by atoms with Crippen molar-refractivity contribution in [1.82, 2.24) is 20.3 Å². The molecule has 0 radical (unpaired) electrons. The standard InChI is InChI=1S/C20H21N5O2.C2HF3O2/c1-12-19(25-7-9-27-10-8-25)24-18-13(3-2-4-16(18)22-12)17-11-14-15(23-17)5-6-21-20(14)26;3-2(4,5)1(6)7/h2-4,11,23H,5-10H2,1H3,(H,21,26);(H,6,7). The van der Waals surface area contributed by atoms with Crippen LogP contribution in [0.1, 0.15) is 21.7 Å². The topological polar surface area (TPSA) is 120 Å². The number of aryl methyl sites for hydroxylation is 1. The van der Waals surface area contributed by atoms with Crippen LogP contribution >= 0.6 is 0 Å². The average Bonchev–Trinajstić information content (AvgIpc) is 3.24. The second-order valence-electron chi connectivity index (χ2n) is 7.79. The zero-order valence-electron chi connectivity index (χ0n) is 18.2. The predicted molar refractivity (Wildman–Crippen MR) is 117 cm³/mol. The van der Waals surface area contributed by atoms with Crippen molar-refractivity contribution in [3.05, 3.63) is 41.2 Å². The zero-order valence-corrected chi connectivity index (χ0v) is 18.2. The van der Waals surface area contributed by atoms with Crippen LogP contribution in [-0.2, 0) is 16.0 Å². The normalized spacial score (nSPS) is 15.9. The molecule has 1 amide bonds. The largest absolute Gasteiger partial charge is 0.490 e. The van der Waals surface area contributed by atoms with Gasteiger partial charge in [0, 0.05) is 43.0 Å². The Morgan fingerprint density at radius 2 is 1.88 bits per heavy atom. The van der Waals surface area contributed by atoms with Crippen molar-refractivity contribution in [2.75, 3.05) is 37.7 Å². The fraction of sp³-hybridized carbons (Fsp3) is 0.364. The maximum Gasteiger partial charge on any atom is 0.490 e. The number of fused-ring (bicyclic) bond motifs is 2. The van der Waals surface area contributed by atoms with E-state index in [1.807, 2.05) is 31.2 Å². The molecule has 1 aromatic carbocycles. The van der Waals surface area contributed by atoms with Crippen LogP contribution < -0.4 is 10.2 Å². The molecule has 0 unspecified atom stereocenters. The quantitative estimate of drug-likeness (QED) is 0.519. The molecular formula is C22H22F3N5O4. The van der Waals surface area contributed by atoms with E-state index in [1.54, 1.807) is 0 Å². The van der Waals surface area contributed by atoms with E-state index in [4.69, 9.17) is 24.6 Å². The minimum absolute atomic E-state index is 0.0186. The molecule has 2 aromatic heterocycles. The Bertz CT molecular complexity index is 1240. The third-order valence-electron chi connectivity index (χ3n) is 5.49. The Morgan fingerprint density at radius 3 is 2.53 bits per heavy atom. The van der Waals surface area contributed by atoms with Gasteiger partial charge in [0.15, 0.2) is 5.82 Å². The van der Waals surface area contributed by atoms with Crippen molar-refractivity contribution in [2.45, 2.75) is 19.5 Å².